The van der Waals surface area contributed by atoms with E-state index in [4.69, 9.17) is 4.74 Å². The molecule has 1 fully saturated rings. The van der Waals surface area contributed by atoms with Gasteiger partial charge in [-0.3, -0.25) is 14.4 Å². The number of benzene rings is 1. The Bertz CT molecular complexity index is 879. The molecule has 2 rings (SSSR count). The Morgan fingerprint density at radius 1 is 1.13 bits per heavy atom. The van der Waals surface area contributed by atoms with Gasteiger partial charge >= 0.3 is 5.97 Å². The van der Waals surface area contributed by atoms with Gasteiger partial charge in [-0.25, -0.2) is 8.42 Å². The van der Waals surface area contributed by atoms with Gasteiger partial charge in [-0.2, -0.15) is 4.31 Å². The molecule has 2 atom stereocenters. The first kappa shape index (κ1) is 24.0. The number of Topliss-reactive ketones (excluding diaryl/α,β-unsaturated/α-hetero) is 1. The van der Waals surface area contributed by atoms with E-state index in [0.29, 0.717) is 24.8 Å². The SMILES string of the molecule is CC(=O)c1ccc(S(=O)(=O)N2CCCCC2C(=O)OCC(=O)NC(C)C(C)C)cc1. The van der Waals surface area contributed by atoms with E-state index in [1.807, 2.05) is 20.8 Å². The van der Waals surface area contributed by atoms with E-state index in [2.05, 4.69) is 5.32 Å². The first-order valence-electron chi connectivity index (χ1n) is 10.1. The van der Waals surface area contributed by atoms with Crippen LogP contribution in [0.15, 0.2) is 29.2 Å². The Kier molecular flexibility index (Phi) is 8.14. The molecule has 30 heavy (non-hydrogen) atoms. The Balaban J connectivity index is 2.10. The zero-order valence-electron chi connectivity index (χ0n) is 17.9. The molecule has 1 aliphatic heterocycles. The predicted octanol–water partition coefficient (Wildman–Crippen LogP) is 2.14. The molecule has 2 unspecified atom stereocenters. The van der Waals surface area contributed by atoms with Crippen LogP contribution in [0.1, 0.15) is 57.3 Å². The fourth-order valence-corrected chi connectivity index (χ4v) is 4.77. The van der Waals surface area contributed by atoms with Crippen molar-refractivity contribution >= 4 is 27.7 Å². The molecule has 1 aliphatic rings. The van der Waals surface area contributed by atoms with Crippen molar-refractivity contribution in [2.75, 3.05) is 13.2 Å². The molecule has 0 aromatic heterocycles. The number of carbonyl (C=O) groups excluding carboxylic acids is 3. The van der Waals surface area contributed by atoms with Gasteiger partial charge in [-0.15, -0.1) is 0 Å². The Morgan fingerprint density at radius 3 is 2.33 bits per heavy atom. The number of nitrogens with one attached hydrogen (secondary N) is 1. The van der Waals surface area contributed by atoms with Crippen molar-refractivity contribution < 1.29 is 27.5 Å². The number of nitrogens with zero attached hydrogens (tertiary/aromatic N) is 1. The van der Waals surface area contributed by atoms with Gasteiger partial charge in [0.25, 0.3) is 5.91 Å². The van der Waals surface area contributed by atoms with Crippen LogP contribution in [0.25, 0.3) is 0 Å². The van der Waals surface area contributed by atoms with Crippen molar-refractivity contribution in [3.05, 3.63) is 29.8 Å². The summed E-state index contributed by atoms with van der Waals surface area (Å²) in [5.41, 5.74) is 0.408. The number of sulfonamides is 1. The van der Waals surface area contributed by atoms with E-state index in [0.717, 1.165) is 4.31 Å². The second kappa shape index (κ2) is 10.2. The van der Waals surface area contributed by atoms with E-state index in [1.165, 1.54) is 31.2 Å². The lowest BCUT2D eigenvalue weighted by atomic mass is 10.1. The number of rotatable bonds is 8. The molecule has 9 heteroatoms. The first-order valence-corrected chi connectivity index (χ1v) is 11.6. The van der Waals surface area contributed by atoms with Gasteiger partial charge in [-0.1, -0.05) is 26.0 Å². The Morgan fingerprint density at radius 2 is 1.77 bits per heavy atom. The van der Waals surface area contributed by atoms with Crippen molar-refractivity contribution in [2.24, 2.45) is 5.92 Å². The second-order valence-electron chi connectivity index (χ2n) is 7.92. The summed E-state index contributed by atoms with van der Waals surface area (Å²) in [6.45, 7) is 6.92. The van der Waals surface area contributed by atoms with E-state index in [-0.39, 0.29) is 29.2 Å². The monoisotopic (exact) mass is 438 g/mol. The van der Waals surface area contributed by atoms with Crippen molar-refractivity contribution in [3.63, 3.8) is 0 Å². The maximum absolute atomic E-state index is 13.1. The van der Waals surface area contributed by atoms with Crippen LogP contribution in [-0.4, -0.2) is 55.6 Å². The molecule has 1 aromatic rings. The minimum absolute atomic E-state index is 0.00991. The maximum Gasteiger partial charge on any atom is 0.324 e. The lowest BCUT2D eigenvalue weighted by Gasteiger charge is -2.33. The van der Waals surface area contributed by atoms with Crippen molar-refractivity contribution in [2.45, 2.75) is 63.9 Å². The standard InChI is InChI=1S/C21H30N2O6S/c1-14(2)15(3)22-20(25)13-29-21(26)19-7-5-6-12-23(19)30(27,28)18-10-8-17(9-11-18)16(4)24/h8-11,14-15,19H,5-7,12-13H2,1-4H3,(H,22,25). The molecule has 8 nitrogen and oxygen atoms in total. The first-order chi connectivity index (χ1) is 14.0. The summed E-state index contributed by atoms with van der Waals surface area (Å²) in [4.78, 5) is 36.0. The lowest BCUT2D eigenvalue weighted by molar-refractivity contribution is -0.153. The van der Waals surface area contributed by atoms with Gasteiger partial charge < -0.3 is 10.1 Å². The van der Waals surface area contributed by atoms with Crippen LogP contribution < -0.4 is 5.32 Å². The highest BCUT2D eigenvalue weighted by atomic mass is 32.2. The van der Waals surface area contributed by atoms with Crippen LogP contribution in [0.3, 0.4) is 0 Å². The smallest absolute Gasteiger partial charge is 0.324 e. The summed E-state index contributed by atoms with van der Waals surface area (Å²) in [6.07, 6.45) is 1.64. The molecule has 0 spiro atoms. The number of ketones is 1. The molecule has 1 heterocycles. The van der Waals surface area contributed by atoms with Crippen LogP contribution >= 0.6 is 0 Å². The lowest BCUT2D eigenvalue weighted by Crippen LogP contribution is -2.49. The zero-order valence-corrected chi connectivity index (χ0v) is 18.7. The quantitative estimate of drug-likeness (QED) is 0.492. The molecular weight excluding hydrogens is 408 g/mol. The highest BCUT2D eigenvalue weighted by molar-refractivity contribution is 7.89. The number of esters is 1. The van der Waals surface area contributed by atoms with Gasteiger partial charge in [0.2, 0.25) is 10.0 Å². The third-order valence-corrected chi connectivity index (χ3v) is 7.25. The van der Waals surface area contributed by atoms with Crippen LogP contribution in [0.4, 0.5) is 0 Å². The summed E-state index contributed by atoms with van der Waals surface area (Å²) in [6, 6.07) is 4.58. The zero-order chi connectivity index (χ0) is 22.5. The van der Waals surface area contributed by atoms with Crippen LogP contribution in [0.5, 0.6) is 0 Å². The van der Waals surface area contributed by atoms with Crippen LogP contribution in [0.2, 0.25) is 0 Å². The van der Waals surface area contributed by atoms with E-state index in [1.54, 1.807) is 0 Å². The highest BCUT2D eigenvalue weighted by Gasteiger charge is 2.38. The third-order valence-electron chi connectivity index (χ3n) is 5.33. The molecule has 1 aromatic carbocycles. The van der Waals surface area contributed by atoms with Gasteiger partial charge in [0.05, 0.1) is 4.90 Å². The highest BCUT2D eigenvalue weighted by Crippen LogP contribution is 2.26. The normalized spacial score (nSPS) is 18.6. The maximum atomic E-state index is 13.1. The molecule has 0 bridgehead atoms. The minimum atomic E-state index is -3.95. The molecule has 1 amide bonds. The van der Waals surface area contributed by atoms with Gasteiger partial charge in [0.1, 0.15) is 6.04 Å². The predicted molar refractivity (Wildman–Crippen MR) is 111 cm³/mol. The van der Waals surface area contributed by atoms with E-state index in [9.17, 15) is 22.8 Å². The molecule has 0 aliphatic carbocycles. The van der Waals surface area contributed by atoms with E-state index >= 15 is 0 Å². The molecule has 166 valence electrons. The molecule has 0 saturated carbocycles. The number of amides is 1. The minimum Gasteiger partial charge on any atom is -0.454 e. The number of hydrogen-bond donors (Lipinski definition) is 1. The fraction of sp³-hybridized carbons (Fsp3) is 0.571. The average molecular weight is 439 g/mol. The molecular formula is C21H30N2O6S. The topological polar surface area (TPSA) is 110 Å². The molecule has 1 N–H and O–H groups in total. The fourth-order valence-electron chi connectivity index (χ4n) is 3.12. The van der Waals surface area contributed by atoms with E-state index < -0.39 is 34.5 Å². The van der Waals surface area contributed by atoms with Gasteiger partial charge in [0.15, 0.2) is 12.4 Å². The summed E-state index contributed by atoms with van der Waals surface area (Å²) < 4.78 is 32.5. The average Bonchev–Trinajstić information content (AvgIpc) is 2.71. The number of ether oxygens (including phenoxy) is 1. The van der Waals surface area contributed by atoms with Crippen LogP contribution in [0, 0.1) is 5.92 Å². The Hall–Kier alpha value is -2.26. The summed E-state index contributed by atoms with van der Waals surface area (Å²) in [5, 5.41) is 2.74. The van der Waals surface area contributed by atoms with Crippen molar-refractivity contribution in [1.82, 2.24) is 9.62 Å². The van der Waals surface area contributed by atoms with Crippen molar-refractivity contribution in [1.29, 1.82) is 0 Å². The molecule has 0 radical (unpaired) electrons. The van der Waals surface area contributed by atoms with Crippen LogP contribution in [-0.2, 0) is 24.3 Å². The Labute approximate surface area is 178 Å². The largest absolute Gasteiger partial charge is 0.454 e. The van der Waals surface area contributed by atoms with Gasteiger partial charge in [-0.05, 0) is 51.2 Å². The number of carbonyl (C=O) groups is 3. The number of piperidine rings is 1. The van der Waals surface area contributed by atoms with Gasteiger partial charge in [0, 0.05) is 18.2 Å². The summed E-state index contributed by atoms with van der Waals surface area (Å²) in [5.74, 6) is -1.08. The molecule has 1 saturated heterocycles. The second-order valence-corrected chi connectivity index (χ2v) is 9.81. The number of hydrogen-bond acceptors (Lipinski definition) is 6. The third kappa shape index (κ3) is 5.89. The summed E-state index contributed by atoms with van der Waals surface area (Å²) >= 11 is 0. The summed E-state index contributed by atoms with van der Waals surface area (Å²) in [7, 11) is -3.95. The van der Waals surface area contributed by atoms with Crippen molar-refractivity contribution in [3.8, 4) is 0 Å².